The van der Waals surface area contributed by atoms with Crippen molar-refractivity contribution in [2.45, 2.75) is 20.5 Å². The number of nitriles is 1. The summed E-state index contributed by atoms with van der Waals surface area (Å²) < 4.78 is 5.76. The first-order valence-electron chi connectivity index (χ1n) is 9.43. The summed E-state index contributed by atoms with van der Waals surface area (Å²) in [6.45, 7) is 4.26. The van der Waals surface area contributed by atoms with Crippen LogP contribution in [0.25, 0.3) is 6.08 Å². The maximum Gasteiger partial charge on any atom is 0.266 e. The number of hydrogen-bond acceptors (Lipinski definition) is 3. The number of anilines is 1. The number of rotatable bonds is 6. The average molecular weight is 417 g/mol. The summed E-state index contributed by atoms with van der Waals surface area (Å²) in [4.78, 5) is 12.5. The molecule has 150 valence electrons. The predicted molar refractivity (Wildman–Crippen MR) is 120 cm³/mol. The van der Waals surface area contributed by atoms with E-state index in [1.165, 1.54) is 0 Å². The molecule has 3 rings (SSSR count). The van der Waals surface area contributed by atoms with E-state index in [4.69, 9.17) is 16.3 Å². The zero-order chi connectivity index (χ0) is 21.5. The summed E-state index contributed by atoms with van der Waals surface area (Å²) in [7, 11) is 0. The molecule has 0 fully saturated rings. The van der Waals surface area contributed by atoms with Crippen molar-refractivity contribution < 1.29 is 9.53 Å². The van der Waals surface area contributed by atoms with Gasteiger partial charge in [0.25, 0.3) is 5.91 Å². The minimum absolute atomic E-state index is 0.0275. The van der Waals surface area contributed by atoms with Crippen molar-refractivity contribution >= 4 is 29.3 Å². The average Bonchev–Trinajstić information content (AvgIpc) is 2.74. The molecule has 3 aromatic rings. The van der Waals surface area contributed by atoms with Gasteiger partial charge in [-0.25, -0.2) is 0 Å². The molecule has 0 aliphatic carbocycles. The number of ether oxygens (including phenoxy) is 1. The van der Waals surface area contributed by atoms with Crippen molar-refractivity contribution in [1.29, 1.82) is 5.26 Å². The lowest BCUT2D eigenvalue weighted by molar-refractivity contribution is -0.112. The molecule has 5 heteroatoms. The highest BCUT2D eigenvalue weighted by atomic mass is 35.5. The summed E-state index contributed by atoms with van der Waals surface area (Å²) in [5.74, 6) is 0.230. The van der Waals surface area contributed by atoms with Crippen molar-refractivity contribution in [2.75, 3.05) is 5.32 Å². The third-order valence-corrected chi connectivity index (χ3v) is 4.91. The first-order chi connectivity index (χ1) is 14.5. The van der Waals surface area contributed by atoms with Gasteiger partial charge in [0.15, 0.2) is 0 Å². The molecular weight excluding hydrogens is 396 g/mol. The molecule has 0 radical (unpaired) electrons. The fourth-order valence-electron chi connectivity index (χ4n) is 2.90. The maximum atomic E-state index is 12.5. The highest BCUT2D eigenvalue weighted by Gasteiger charge is 2.11. The molecule has 3 aromatic carbocycles. The van der Waals surface area contributed by atoms with Gasteiger partial charge in [-0.15, -0.1) is 0 Å². The first-order valence-corrected chi connectivity index (χ1v) is 9.81. The van der Waals surface area contributed by atoms with Gasteiger partial charge >= 0.3 is 0 Å². The number of amides is 1. The van der Waals surface area contributed by atoms with Gasteiger partial charge in [0, 0.05) is 16.3 Å². The molecule has 0 aliphatic rings. The van der Waals surface area contributed by atoms with E-state index in [9.17, 15) is 10.1 Å². The Bertz CT molecular complexity index is 1130. The van der Waals surface area contributed by atoms with Crippen molar-refractivity contribution in [3.63, 3.8) is 0 Å². The fourth-order valence-corrected chi connectivity index (χ4v) is 3.09. The monoisotopic (exact) mass is 416 g/mol. The van der Waals surface area contributed by atoms with E-state index >= 15 is 0 Å². The van der Waals surface area contributed by atoms with E-state index in [1.54, 1.807) is 30.3 Å². The van der Waals surface area contributed by atoms with Gasteiger partial charge in [-0.1, -0.05) is 59.6 Å². The van der Waals surface area contributed by atoms with Crippen LogP contribution in [0.15, 0.2) is 72.3 Å². The van der Waals surface area contributed by atoms with Crippen LogP contribution in [0.5, 0.6) is 5.75 Å². The SMILES string of the molecule is Cc1ccc(NC(=O)/C(C#N)=C/c2ccc(OCc3ccccc3Cl)cc2)c(C)c1. The molecule has 0 unspecified atom stereocenters. The molecule has 4 nitrogen and oxygen atoms in total. The number of benzene rings is 3. The van der Waals surface area contributed by atoms with E-state index in [0.717, 1.165) is 22.3 Å². The molecule has 0 saturated carbocycles. The Morgan fingerprint density at radius 3 is 2.50 bits per heavy atom. The number of hydrogen-bond donors (Lipinski definition) is 1. The molecule has 30 heavy (non-hydrogen) atoms. The van der Waals surface area contributed by atoms with Crippen LogP contribution < -0.4 is 10.1 Å². The van der Waals surface area contributed by atoms with Crippen LogP contribution in [0.1, 0.15) is 22.3 Å². The molecule has 1 N–H and O–H groups in total. The Kier molecular flexibility index (Phi) is 6.90. The van der Waals surface area contributed by atoms with E-state index in [0.29, 0.717) is 23.1 Å². The van der Waals surface area contributed by atoms with Crippen molar-refractivity contribution in [3.8, 4) is 11.8 Å². The first kappa shape index (κ1) is 21.2. The second-order valence-electron chi connectivity index (χ2n) is 6.89. The molecule has 0 heterocycles. The lowest BCUT2D eigenvalue weighted by Crippen LogP contribution is -2.14. The Morgan fingerprint density at radius 1 is 1.10 bits per heavy atom. The van der Waals surface area contributed by atoms with Crippen molar-refractivity contribution in [2.24, 2.45) is 0 Å². The van der Waals surface area contributed by atoms with Gasteiger partial charge in [0.05, 0.1) is 0 Å². The Morgan fingerprint density at radius 2 is 1.83 bits per heavy atom. The molecule has 0 saturated heterocycles. The quantitative estimate of drug-likeness (QED) is 0.391. The fraction of sp³-hybridized carbons (Fsp3) is 0.120. The van der Waals surface area contributed by atoms with Gasteiger partial charge in [-0.3, -0.25) is 4.79 Å². The van der Waals surface area contributed by atoms with E-state index in [-0.39, 0.29) is 5.57 Å². The van der Waals surface area contributed by atoms with E-state index in [2.05, 4.69) is 5.32 Å². The standard InChI is InChI=1S/C25H21ClN2O2/c1-17-7-12-24(18(2)13-17)28-25(29)21(15-27)14-19-8-10-22(11-9-19)30-16-20-5-3-4-6-23(20)26/h3-14H,16H2,1-2H3,(H,28,29)/b21-14+. The molecule has 0 bridgehead atoms. The minimum Gasteiger partial charge on any atom is -0.489 e. The topological polar surface area (TPSA) is 62.1 Å². The van der Waals surface area contributed by atoms with Gasteiger partial charge < -0.3 is 10.1 Å². The summed E-state index contributed by atoms with van der Waals surface area (Å²) in [5.41, 5.74) is 4.40. The number of carbonyl (C=O) groups excluding carboxylic acids is 1. The van der Waals surface area contributed by atoms with E-state index < -0.39 is 5.91 Å². The van der Waals surface area contributed by atoms with Crippen LogP contribution in [0, 0.1) is 25.2 Å². The lowest BCUT2D eigenvalue weighted by Gasteiger charge is -2.09. The summed E-state index contributed by atoms with van der Waals surface area (Å²) >= 11 is 6.14. The number of carbonyl (C=O) groups is 1. The van der Waals surface area contributed by atoms with Crippen LogP contribution in [0.2, 0.25) is 5.02 Å². The molecule has 0 spiro atoms. The lowest BCUT2D eigenvalue weighted by atomic mass is 10.1. The molecule has 1 amide bonds. The van der Waals surface area contributed by atoms with Crippen molar-refractivity contribution in [1.82, 2.24) is 0 Å². The second-order valence-corrected chi connectivity index (χ2v) is 7.30. The normalized spacial score (nSPS) is 10.9. The number of nitrogens with one attached hydrogen (secondary N) is 1. The third kappa shape index (κ3) is 5.50. The maximum absolute atomic E-state index is 12.5. The third-order valence-electron chi connectivity index (χ3n) is 4.54. The van der Waals surface area contributed by atoms with Gasteiger partial charge in [0.1, 0.15) is 24.0 Å². The van der Waals surface area contributed by atoms with Gasteiger partial charge in [-0.05, 0) is 55.3 Å². The number of halogens is 1. The van der Waals surface area contributed by atoms with Crippen LogP contribution in [0.4, 0.5) is 5.69 Å². The smallest absolute Gasteiger partial charge is 0.266 e. The second kappa shape index (κ2) is 9.78. The highest BCUT2D eigenvalue weighted by molar-refractivity contribution is 6.31. The van der Waals surface area contributed by atoms with Crippen LogP contribution in [0.3, 0.4) is 0 Å². The summed E-state index contributed by atoms with van der Waals surface area (Å²) in [5, 5.41) is 12.9. The Balaban J connectivity index is 1.67. The molecule has 0 aliphatic heterocycles. The van der Waals surface area contributed by atoms with Crippen molar-refractivity contribution in [3.05, 3.63) is 99.6 Å². The number of aryl methyl sites for hydroxylation is 2. The number of nitrogens with zero attached hydrogens (tertiary/aromatic N) is 1. The van der Waals surface area contributed by atoms with Crippen LogP contribution in [-0.2, 0) is 11.4 Å². The zero-order valence-corrected chi connectivity index (χ0v) is 17.5. The van der Waals surface area contributed by atoms with Gasteiger partial charge in [0.2, 0.25) is 0 Å². The molecule has 0 aromatic heterocycles. The molecular formula is C25H21ClN2O2. The van der Waals surface area contributed by atoms with Crippen LogP contribution in [-0.4, -0.2) is 5.91 Å². The molecule has 0 atom stereocenters. The zero-order valence-electron chi connectivity index (χ0n) is 16.8. The summed E-state index contributed by atoms with van der Waals surface area (Å²) in [6.07, 6.45) is 1.55. The minimum atomic E-state index is -0.441. The Hall–Kier alpha value is -3.55. The van der Waals surface area contributed by atoms with Gasteiger partial charge in [-0.2, -0.15) is 5.26 Å². The van der Waals surface area contributed by atoms with Crippen LogP contribution >= 0.6 is 11.6 Å². The highest BCUT2D eigenvalue weighted by Crippen LogP contribution is 2.21. The van der Waals surface area contributed by atoms with E-state index in [1.807, 2.05) is 62.4 Å². The summed E-state index contributed by atoms with van der Waals surface area (Å²) in [6, 6.07) is 22.4. The predicted octanol–water partition coefficient (Wildman–Crippen LogP) is 6.08. The Labute approximate surface area is 181 Å². The largest absolute Gasteiger partial charge is 0.489 e.